The fourth-order valence-electron chi connectivity index (χ4n) is 9.88. The normalized spacial score (nSPS) is 15.8. The van der Waals surface area contributed by atoms with Crippen LogP contribution in [0.1, 0.15) is 111 Å². The van der Waals surface area contributed by atoms with Gasteiger partial charge in [-0.25, -0.2) is 70.2 Å². The Morgan fingerprint density at radius 1 is 0.259 bits per heavy atom. The second-order valence-corrected chi connectivity index (χ2v) is 49.3. The van der Waals surface area contributed by atoms with Crippen molar-refractivity contribution < 1.29 is 96.5 Å². The third-order valence-corrected chi connectivity index (χ3v) is 41.3. The summed E-state index contributed by atoms with van der Waals surface area (Å²) in [6, 6.07) is 0. The van der Waals surface area contributed by atoms with Crippen LogP contribution in [0.5, 0.6) is 0 Å². The summed E-state index contributed by atoms with van der Waals surface area (Å²) in [6.07, 6.45) is 5.85. The minimum Gasteiger partial charge on any atom is -0.358 e. The summed E-state index contributed by atoms with van der Waals surface area (Å²) in [5.41, 5.74) is -11.7. The molecule has 0 nitrogen and oxygen atoms in total. The number of benzene rings is 4. The smallest absolute Gasteiger partial charge is 0.358 e. The van der Waals surface area contributed by atoms with Gasteiger partial charge in [0.15, 0.2) is 46.5 Å². The molecule has 2 fully saturated rings. The van der Waals surface area contributed by atoms with Gasteiger partial charge in [0.25, 0.3) is 0 Å². The van der Waals surface area contributed by atoms with Crippen molar-refractivity contribution in [3.05, 3.63) is 163 Å². The molecule has 0 N–H and O–H groups in total. The van der Waals surface area contributed by atoms with E-state index < -0.39 is 194 Å². The summed E-state index contributed by atoms with van der Waals surface area (Å²) in [7, 11) is -16.1. The molecule has 85 heavy (non-hydrogen) atoms. The van der Waals surface area contributed by atoms with Crippen LogP contribution in [0.2, 0.25) is 72.5 Å². The van der Waals surface area contributed by atoms with E-state index in [1.807, 2.05) is 0 Å². The van der Waals surface area contributed by atoms with Gasteiger partial charge in [0, 0.05) is 20.7 Å². The molecule has 0 spiro atoms. The molecule has 0 amide bonds. The van der Waals surface area contributed by atoms with Gasteiger partial charge < -0.3 is 7.43 Å². The average molecular weight is 1360 g/mol. The molecule has 0 heterocycles. The molecule has 4 aromatic carbocycles. The number of halogens is 16. The zero-order valence-corrected chi connectivity index (χ0v) is 60.0. The Kier molecular flexibility index (Phi) is 24.5. The summed E-state index contributed by atoms with van der Waals surface area (Å²) in [5, 5.41) is -10.7. The van der Waals surface area contributed by atoms with Crippen LogP contribution in [0.15, 0.2) is 0 Å². The van der Waals surface area contributed by atoms with Crippen LogP contribution >= 0.6 is 0 Å². The minimum absolute atomic E-state index is 0. The molecule has 0 unspecified atom stereocenters. The van der Waals surface area contributed by atoms with Crippen molar-refractivity contribution in [3.8, 4) is 0 Å². The quantitative estimate of drug-likeness (QED) is 0.0714. The third kappa shape index (κ3) is 13.2. The first kappa shape index (κ1) is 78.7. The van der Waals surface area contributed by atoms with E-state index in [0.29, 0.717) is 0 Å². The molecule has 0 aromatic heterocycles. The van der Waals surface area contributed by atoms with Crippen molar-refractivity contribution in [1.82, 2.24) is 0 Å². The molecule has 22 heteroatoms. The van der Waals surface area contributed by atoms with Gasteiger partial charge in [0.2, 0.25) is 0 Å². The summed E-state index contributed by atoms with van der Waals surface area (Å²) in [6.45, 7) is 34.6. The molecule has 0 atom stereocenters. The van der Waals surface area contributed by atoms with E-state index in [0.717, 1.165) is 0 Å². The molecule has 0 saturated heterocycles. The van der Waals surface area contributed by atoms with E-state index in [4.69, 9.17) is 0 Å². The van der Waals surface area contributed by atoms with E-state index in [1.165, 1.54) is 159 Å². The first-order valence-electron chi connectivity index (χ1n) is 27.2. The SMILES string of the molecule is CC(C)(C)[Si](C)(C)c1c(F)c(F)c([B-](c2c(F)c(F)c([Si](C)(C)C(C)(C)C)c(F)c2F)(c2c(F)c(F)c([Si](C)(C)C(C)(C)C)c(F)c2F)c2c(F)c(F)c([Si](C)(C)C(C)(C)C)c(F)c2F)c(F)c1F.C[C]1[CH][CH][CH][C]1C.C[C]1[CH][CH][CH][C]1C.[CH3-].[Zr+4]. The Labute approximate surface area is 520 Å². The number of hydrogen-bond acceptors (Lipinski definition) is 0. The van der Waals surface area contributed by atoms with Gasteiger partial charge in [0.05, 0.1) is 32.3 Å². The molecular weight excluding hydrogens is 1280 g/mol. The largest absolute Gasteiger partial charge is 4.00 e. The van der Waals surface area contributed by atoms with Crippen LogP contribution in [-0.2, 0) is 26.2 Å². The van der Waals surface area contributed by atoms with Gasteiger partial charge in [-0.2, -0.15) is 0 Å². The molecule has 0 bridgehead atoms. The molecule has 4 aromatic rings. The van der Waals surface area contributed by atoms with E-state index in [1.54, 1.807) is 0 Å². The maximum absolute atomic E-state index is 17.8. The Morgan fingerprint density at radius 2 is 0.376 bits per heavy atom. The molecule has 10 radical (unpaired) electrons. The molecule has 466 valence electrons. The monoisotopic (exact) mass is 1350 g/mol. The Hall–Kier alpha value is -2.42. The van der Waals surface area contributed by atoms with Crippen molar-refractivity contribution >= 4 is 81.0 Å². The number of rotatable bonds is 8. The van der Waals surface area contributed by atoms with Crippen LogP contribution in [0, 0.1) is 163 Å². The van der Waals surface area contributed by atoms with Gasteiger partial charge in [0.1, 0.15) is 52.7 Å². The first-order chi connectivity index (χ1) is 37.2. The second-order valence-electron chi connectivity index (χ2n) is 28.3. The van der Waals surface area contributed by atoms with Crippen LogP contribution in [0.3, 0.4) is 0 Å². The summed E-state index contributed by atoms with van der Waals surface area (Å²) in [5.74, 6) is -38.8. The van der Waals surface area contributed by atoms with Gasteiger partial charge in [-0.3, -0.25) is 0 Å². The van der Waals surface area contributed by atoms with Crippen LogP contribution in [0.4, 0.5) is 70.2 Å². The Balaban J connectivity index is 0.00000134. The van der Waals surface area contributed by atoms with Gasteiger partial charge in [-0.05, 0) is 82.3 Å². The second kappa shape index (κ2) is 26.4. The van der Waals surface area contributed by atoms with Crippen LogP contribution < -0.4 is 42.6 Å². The summed E-state index contributed by atoms with van der Waals surface area (Å²) >= 11 is 0. The van der Waals surface area contributed by atoms with Crippen molar-refractivity contribution in [2.75, 3.05) is 0 Å². The van der Waals surface area contributed by atoms with Crippen LogP contribution in [-0.4, -0.2) is 38.4 Å². The maximum Gasteiger partial charge on any atom is 4.00 e. The predicted octanol–water partition coefficient (Wildman–Crippen LogP) is 16.2. The summed E-state index contributed by atoms with van der Waals surface area (Å²) in [4.78, 5) is 0. The zero-order chi connectivity index (χ0) is 64.9. The fraction of sp³-hybridized carbons (Fsp3) is 0.444. The Morgan fingerprint density at radius 3 is 0.459 bits per heavy atom. The minimum atomic E-state index is -6.78. The van der Waals surface area contributed by atoms with Crippen molar-refractivity contribution in [2.45, 2.75) is 183 Å². The zero-order valence-electron chi connectivity index (χ0n) is 53.6. The van der Waals surface area contributed by atoms with Crippen molar-refractivity contribution in [2.24, 2.45) is 0 Å². The maximum atomic E-state index is 17.8. The van der Waals surface area contributed by atoms with Crippen LogP contribution in [0.25, 0.3) is 0 Å². The Bertz CT molecular complexity index is 2600. The standard InChI is InChI=1S/C48H60BF16Si4.2C7H9.CH3.Zr/c1-45(2,3)66(13,14)41-33(58)25(50)21(26(51)34(41)59)49(22-27(52)35(60)42(36(61)28(22)53)67(15,16)46(4,5)6,23-29(54)37(62)43(38(63)30(23)55)68(17,18)47(7,8)9)24-31(56)39(64)44(40(65)32(24)57)69(19,20)48(10,11)12;2*1-6-4-3-5-7(6)2;;/h1-20H3;2*3-5H,1-2H3;1H3;/q-1;;;-1;+4. The molecule has 2 aliphatic carbocycles. The fourth-order valence-corrected chi connectivity index (χ4v) is 18.1. The molecular formula is C63H81BF16Si4Zr+2. The van der Waals surface area contributed by atoms with Gasteiger partial charge in [-0.1, -0.05) is 163 Å². The number of hydrogen-bond donors (Lipinski definition) is 0. The molecule has 0 aliphatic heterocycles. The molecule has 2 saturated carbocycles. The topological polar surface area (TPSA) is 0 Å². The van der Waals surface area contributed by atoms with Gasteiger partial charge in [-0.15, -0.1) is 21.9 Å². The molecule has 2 aliphatic rings. The first-order valence-corrected chi connectivity index (χ1v) is 39.2. The van der Waals surface area contributed by atoms with Crippen molar-refractivity contribution in [3.63, 3.8) is 0 Å². The predicted molar refractivity (Wildman–Crippen MR) is 325 cm³/mol. The molecule has 6 rings (SSSR count). The van der Waals surface area contributed by atoms with E-state index in [-0.39, 0.29) is 33.6 Å². The average Bonchev–Trinajstić information content (AvgIpc) is 3.90. The van der Waals surface area contributed by atoms with Crippen molar-refractivity contribution in [1.29, 1.82) is 0 Å². The third-order valence-electron chi connectivity index (χ3n) is 19.6. The van der Waals surface area contributed by atoms with E-state index in [9.17, 15) is 0 Å². The summed E-state index contributed by atoms with van der Waals surface area (Å²) < 4.78 is 280. The van der Waals surface area contributed by atoms with E-state index >= 15 is 70.2 Å². The van der Waals surface area contributed by atoms with E-state index in [2.05, 4.69) is 66.2 Å². The van der Waals surface area contributed by atoms with Gasteiger partial charge >= 0.3 is 26.2 Å².